The van der Waals surface area contributed by atoms with Gasteiger partial charge in [-0.05, 0) is 47.1 Å². The number of hydrogen-bond acceptors (Lipinski definition) is 3. The second kappa shape index (κ2) is 7.81. The molecule has 4 nitrogen and oxygen atoms in total. The van der Waals surface area contributed by atoms with Crippen LogP contribution in [0.1, 0.15) is 62.6 Å². The smallest absolute Gasteiger partial charge is 0.231 e. The minimum atomic E-state index is 0.0395. The number of anilines is 1. The number of aryl methyl sites for hydroxylation is 1. The van der Waals surface area contributed by atoms with Crippen LogP contribution in [-0.2, 0) is 11.2 Å². The van der Waals surface area contributed by atoms with Crippen molar-refractivity contribution in [2.45, 2.75) is 52.4 Å². The second-order valence-electron chi connectivity index (χ2n) is 7.36. The summed E-state index contributed by atoms with van der Waals surface area (Å²) in [5.41, 5.74) is 4.43. The van der Waals surface area contributed by atoms with Gasteiger partial charge in [0.05, 0.1) is 0 Å². The van der Waals surface area contributed by atoms with Crippen molar-refractivity contribution in [1.29, 1.82) is 0 Å². The minimum Gasteiger partial charge on any atom is -0.454 e. The van der Waals surface area contributed by atoms with Crippen LogP contribution in [0.3, 0.4) is 0 Å². The van der Waals surface area contributed by atoms with E-state index in [0.717, 1.165) is 22.7 Å². The lowest BCUT2D eigenvalue weighted by atomic mass is 9.92. The van der Waals surface area contributed by atoms with Gasteiger partial charge in [0.2, 0.25) is 12.7 Å². The molecule has 0 aliphatic carbocycles. The van der Waals surface area contributed by atoms with Gasteiger partial charge in [-0.1, -0.05) is 52.0 Å². The summed E-state index contributed by atoms with van der Waals surface area (Å²) in [6.45, 7) is 8.89. The zero-order valence-corrected chi connectivity index (χ0v) is 16.0. The van der Waals surface area contributed by atoms with Crippen molar-refractivity contribution in [2.24, 2.45) is 0 Å². The fourth-order valence-corrected chi connectivity index (χ4v) is 3.25. The molecule has 1 heterocycles. The molecular weight excluding hydrogens is 326 g/mol. The van der Waals surface area contributed by atoms with Crippen molar-refractivity contribution >= 4 is 11.6 Å². The number of para-hydroxylation sites is 1. The molecule has 1 aliphatic rings. The molecule has 1 amide bonds. The van der Waals surface area contributed by atoms with E-state index in [1.165, 1.54) is 11.1 Å². The van der Waals surface area contributed by atoms with Gasteiger partial charge >= 0.3 is 0 Å². The van der Waals surface area contributed by atoms with E-state index < -0.39 is 0 Å². The Labute approximate surface area is 155 Å². The van der Waals surface area contributed by atoms with Crippen molar-refractivity contribution in [3.05, 3.63) is 53.1 Å². The highest BCUT2D eigenvalue weighted by molar-refractivity contribution is 5.92. The van der Waals surface area contributed by atoms with E-state index >= 15 is 0 Å². The molecule has 0 spiro atoms. The third-order valence-corrected chi connectivity index (χ3v) is 4.72. The zero-order chi connectivity index (χ0) is 18.7. The Morgan fingerprint density at radius 1 is 1.00 bits per heavy atom. The van der Waals surface area contributed by atoms with E-state index in [9.17, 15) is 4.79 Å². The van der Waals surface area contributed by atoms with Crippen molar-refractivity contribution in [1.82, 2.24) is 0 Å². The van der Waals surface area contributed by atoms with Crippen LogP contribution in [0.4, 0.5) is 5.69 Å². The highest BCUT2D eigenvalue weighted by Gasteiger charge is 2.17. The topological polar surface area (TPSA) is 47.6 Å². The molecule has 138 valence electrons. The zero-order valence-electron chi connectivity index (χ0n) is 16.0. The van der Waals surface area contributed by atoms with Gasteiger partial charge in [0.15, 0.2) is 11.5 Å². The molecule has 0 bridgehead atoms. The summed E-state index contributed by atoms with van der Waals surface area (Å²) in [5.74, 6) is 2.29. The Hall–Kier alpha value is -2.49. The number of benzene rings is 2. The van der Waals surface area contributed by atoms with Crippen molar-refractivity contribution in [2.75, 3.05) is 12.1 Å². The highest BCUT2D eigenvalue weighted by atomic mass is 16.7. The van der Waals surface area contributed by atoms with Gasteiger partial charge in [0.1, 0.15) is 0 Å². The fourth-order valence-electron chi connectivity index (χ4n) is 3.25. The van der Waals surface area contributed by atoms with E-state index in [0.29, 0.717) is 24.7 Å². The van der Waals surface area contributed by atoms with E-state index in [2.05, 4.69) is 51.2 Å². The number of fused-ring (bicyclic) bond motifs is 1. The first kappa shape index (κ1) is 18.3. The molecule has 0 fully saturated rings. The molecule has 3 rings (SSSR count). The standard InChI is InChI=1S/C22H27NO3/c1-14(2)17-6-5-7-18(15(3)4)22(17)23-21(24)11-9-16-8-10-19-20(12-16)26-13-25-19/h5-8,10,12,14-15H,9,11,13H2,1-4H3,(H,23,24). The molecule has 1 aliphatic heterocycles. The lowest BCUT2D eigenvalue weighted by Crippen LogP contribution is -2.16. The Bertz CT molecular complexity index is 770. The predicted octanol–water partition coefficient (Wildman–Crippen LogP) is 5.23. The fraction of sp³-hybridized carbons (Fsp3) is 0.409. The minimum absolute atomic E-state index is 0.0395. The van der Waals surface area contributed by atoms with Gasteiger partial charge in [0.25, 0.3) is 0 Å². The lowest BCUT2D eigenvalue weighted by molar-refractivity contribution is -0.116. The van der Waals surface area contributed by atoms with E-state index in [-0.39, 0.29) is 12.7 Å². The van der Waals surface area contributed by atoms with E-state index in [1.807, 2.05) is 18.2 Å². The number of carbonyl (C=O) groups excluding carboxylic acids is 1. The van der Waals surface area contributed by atoms with Crippen molar-refractivity contribution in [3.63, 3.8) is 0 Å². The van der Waals surface area contributed by atoms with Crippen LogP contribution in [0.25, 0.3) is 0 Å². The monoisotopic (exact) mass is 353 g/mol. The Morgan fingerprint density at radius 2 is 1.65 bits per heavy atom. The average molecular weight is 353 g/mol. The number of hydrogen-bond donors (Lipinski definition) is 1. The number of ether oxygens (including phenoxy) is 2. The van der Waals surface area contributed by atoms with Crippen LogP contribution < -0.4 is 14.8 Å². The lowest BCUT2D eigenvalue weighted by Gasteiger charge is -2.20. The summed E-state index contributed by atoms with van der Waals surface area (Å²) in [7, 11) is 0. The molecule has 0 saturated carbocycles. The number of carbonyl (C=O) groups is 1. The predicted molar refractivity (Wildman–Crippen MR) is 104 cm³/mol. The number of rotatable bonds is 6. The normalized spacial score (nSPS) is 12.7. The molecule has 2 aromatic rings. The third kappa shape index (κ3) is 4.01. The summed E-state index contributed by atoms with van der Waals surface area (Å²) >= 11 is 0. The molecule has 0 saturated heterocycles. The molecular formula is C22H27NO3. The number of nitrogens with one attached hydrogen (secondary N) is 1. The third-order valence-electron chi connectivity index (χ3n) is 4.72. The maximum atomic E-state index is 12.6. The van der Waals surface area contributed by atoms with Crippen LogP contribution in [0.5, 0.6) is 11.5 Å². The summed E-state index contributed by atoms with van der Waals surface area (Å²) in [5, 5.41) is 3.17. The van der Waals surface area contributed by atoms with Crippen LogP contribution in [-0.4, -0.2) is 12.7 Å². The summed E-state index contributed by atoms with van der Waals surface area (Å²) < 4.78 is 10.7. The van der Waals surface area contributed by atoms with Gasteiger partial charge in [-0.25, -0.2) is 0 Å². The van der Waals surface area contributed by atoms with Crippen LogP contribution in [0, 0.1) is 0 Å². The molecule has 26 heavy (non-hydrogen) atoms. The number of amides is 1. The Morgan fingerprint density at radius 3 is 2.31 bits per heavy atom. The largest absolute Gasteiger partial charge is 0.454 e. The quantitative estimate of drug-likeness (QED) is 0.773. The van der Waals surface area contributed by atoms with Gasteiger partial charge in [-0.3, -0.25) is 4.79 Å². The van der Waals surface area contributed by atoms with Crippen molar-refractivity contribution < 1.29 is 14.3 Å². The van der Waals surface area contributed by atoms with Crippen molar-refractivity contribution in [3.8, 4) is 11.5 Å². The first-order valence-corrected chi connectivity index (χ1v) is 9.27. The van der Waals surface area contributed by atoms with E-state index in [1.54, 1.807) is 0 Å². The van der Waals surface area contributed by atoms with Gasteiger partial charge in [-0.15, -0.1) is 0 Å². The van der Waals surface area contributed by atoms with E-state index in [4.69, 9.17) is 9.47 Å². The summed E-state index contributed by atoms with van der Waals surface area (Å²) in [6, 6.07) is 12.1. The van der Waals surface area contributed by atoms with Gasteiger partial charge in [-0.2, -0.15) is 0 Å². The second-order valence-corrected chi connectivity index (χ2v) is 7.36. The van der Waals surface area contributed by atoms with Crippen LogP contribution >= 0.6 is 0 Å². The molecule has 0 radical (unpaired) electrons. The summed E-state index contributed by atoms with van der Waals surface area (Å²) in [6.07, 6.45) is 1.10. The molecule has 0 aromatic heterocycles. The highest BCUT2D eigenvalue weighted by Crippen LogP contribution is 2.34. The molecule has 2 aromatic carbocycles. The Kier molecular flexibility index (Phi) is 5.50. The SMILES string of the molecule is CC(C)c1cccc(C(C)C)c1NC(=O)CCc1ccc2c(c1)OCO2. The first-order valence-electron chi connectivity index (χ1n) is 9.27. The first-order chi connectivity index (χ1) is 12.5. The molecule has 0 unspecified atom stereocenters. The van der Waals surface area contributed by atoms with Crippen LogP contribution in [0.15, 0.2) is 36.4 Å². The molecule has 0 atom stereocenters. The average Bonchev–Trinajstić information content (AvgIpc) is 3.07. The van der Waals surface area contributed by atoms with Gasteiger partial charge in [0, 0.05) is 12.1 Å². The maximum Gasteiger partial charge on any atom is 0.231 e. The summed E-state index contributed by atoms with van der Waals surface area (Å²) in [4.78, 5) is 12.6. The van der Waals surface area contributed by atoms with Gasteiger partial charge < -0.3 is 14.8 Å². The maximum absolute atomic E-state index is 12.6. The molecule has 1 N–H and O–H groups in total. The van der Waals surface area contributed by atoms with Crippen LogP contribution in [0.2, 0.25) is 0 Å². The molecule has 4 heteroatoms. The Balaban J connectivity index is 1.70.